The number of nitrogens with two attached hydrogens (primary N) is 2. The van der Waals surface area contributed by atoms with Crippen molar-refractivity contribution in [1.29, 1.82) is 0 Å². The molecule has 20 heteroatoms. The Labute approximate surface area is 254 Å². The summed E-state index contributed by atoms with van der Waals surface area (Å²) < 4.78 is 33.0. The van der Waals surface area contributed by atoms with E-state index < -0.39 is 121 Å². The highest BCUT2D eigenvalue weighted by Gasteiger charge is 2.24. The quantitative estimate of drug-likeness (QED) is 0.0510. The average molecular weight is 645 g/mol. The molecule has 0 heterocycles. The van der Waals surface area contributed by atoms with E-state index in [9.17, 15) is 38.4 Å². The SMILES string of the molecule is [2H]C([2H])(SC[C@H](NC(=O)CC[C@H](N)C(=O)O)C(=O)NCC(=O)O)C([2H])([2H])SC[C@H](NC(=O)CC[C@H](N)C(=O)O)C(=O)NCC(=O)O. The van der Waals surface area contributed by atoms with Gasteiger partial charge in [-0.1, -0.05) is 0 Å². The topological polar surface area (TPSA) is 318 Å². The molecule has 4 atom stereocenters. The maximum Gasteiger partial charge on any atom is 0.322 e. The van der Waals surface area contributed by atoms with E-state index in [1.54, 1.807) is 0 Å². The van der Waals surface area contributed by atoms with Crippen molar-refractivity contribution >= 4 is 71.0 Å². The van der Waals surface area contributed by atoms with Crippen LogP contribution in [0.4, 0.5) is 0 Å². The Kier molecular flexibility index (Phi) is 15.8. The number of hydrogen-bond acceptors (Lipinski definition) is 12. The van der Waals surface area contributed by atoms with Gasteiger partial charge in [-0.2, -0.15) is 23.5 Å². The van der Waals surface area contributed by atoms with Crippen molar-refractivity contribution in [3.05, 3.63) is 0 Å². The van der Waals surface area contributed by atoms with Crippen LogP contribution in [0.5, 0.6) is 0 Å². The zero-order chi connectivity index (χ0) is 35.8. The molecule has 0 saturated carbocycles. The van der Waals surface area contributed by atoms with Gasteiger partial charge in [-0.05, 0) is 12.8 Å². The lowest BCUT2D eigenvalue weighted by atomic mass is 10.1. The fourth-order valence-corrected chi connectivity index (χ4v) is 4.04. The Morgan fingerprint density at radius 3 is 1.26 bits per heavy atom. The first-order chi connectivity index (χ1) is 21.1. The van der Waals surface area contributed by atoms with E-state index in [0.29, 0.717) is 0 Å². The molecule has 0 aliphatic heterocycles. The van der Waals surface area contributed by atoms with Gasteiger partial charge >= 0.3 is 23.9 Å². The number of hydrogen-bond donors (Lipinski definition) is 10. The molecule has 0 radical (unpaired) electrons. The number of carbonyl (C=O) groups excluding carboxylic acids is 4. The van der Waals surface area contributed by atoms with Gasteiger partial charge in [-0.15, -0.1) is 0 Å². The van der Waals surface area contributed by atoms with E-state index in [1.807, 2.05) is 10.6 Å². The van der Waals surface area contributed by atoms with Gasteiger partial charge in [0, 0.05) is 41.2 Å². The summed E-state index contributed by atoms with van der Waals surface area (Å²) in [5.41, 5.74) is 4.90. The van der Waals surface area contributed by atoms with Gasteiger partial charge in [0.25, 0.3) is 0 Å². The van der Waals surface area contributed by atoms with E-state index in [0.717, 1.165) is 0 Å². The van der Waals surface area contributed by atoms with E-state index in [-0.39, 0.29) is 36.4 Å². The standard InChI is InChI=1S/C22H36N6O12S2/c23-11(21(37)38)1-3-15(29)27-13(19(35)25-7-17(31)32)9-41-5-6-42-10-14(20(36)26-8-18(33)34)28-16(30)4-2-12(24)22(39)40/h11-14H,1-10,23-24H2,(H,25,35)(H,26,36)(H,27,29)(H,28,30)(H,31,32)(H,33,34)(H,37,38)(H,39,40)/t11-,12-,13-,14-/m0/s1/i5D2,6D2. The van der Waals surface area contributed by atoms with Crippen LogP contribution in [0.1, 0.15) is 31.2 Å². The van der Waals surface area contributed by atoms with E-state index in [2.05, 4.69) is 10.6 Å². The average Bonchev–Trinajstić information content (AvgIpc) is 2.95. The Morgan fingerprint density at radius 1 is 0.643 bits per heavy atom. The zero-order valence-electron chi connectivity index (χ0n) is 26.0. The van der Waals surface area contributed by atoms with Crippen LogP contribution >= 0.6 is 23.5 Å². The highest BCUT2D eigenvalue weighted by molar-refractivity contribution is 8.03. The number of thioether (sulfide) groups is 2. The Bertz CT molecular complexity index is 1070. The second kappa shape index (κ2) is 21.1. The van der Waals surface area contributed by atoms with E-state index >= 15 is 0 Å². The fraction of sp³-hybridized carbons (Fsp3) is 0.636. The summed E-state index contributed by atoms with van der Waals surface area (Å²) in [6, 6.07) is -6.03. The van der Waals surface area contributed by atoms with Gasteiger partial charge in [0.2, 0.25) is 23.6 Å². The zero-order valence-corrected chi connectivity index (χ0v) is 23.6. The maximum absolute atomic E-state index is 12.5. The molecule has 12 N–H and O–H groups in total. The Balaban J connectivity index is 5.66. The molecule has 0 aromatic carbocycles. The third kappa shape index (κ3) is 18.7. The minimum atomic E-state index is -2.89. The Hall–Kier alpha value is -3.62. The fourth-order valence-electron chi connectivity index (χ4n) is 2.60. The van der Waals surface area contributed by atoms with Crippen LogP contribution in [-0.4, -0.2) is 128 Å². The number of carboxylic acids is 4. The van der Waals surface area contributed by atoms with Crippen LogP contribution in [0.25, 0.3) is 0 Å². The van der Waals surface area contributed by atoms with Crippen LogP contribution in [0.15, 0.2) is 0 Å². The third-order valence-electron chi connectivity index (χ3n) is 4.82. The molecule has 0 bridgehead atoms. The van der Waals surface area contributed by atoms with Crippen LogP contribution in [0.2, 0.25) is 0 Å². The van der Waals surface area contributed by atoms with Crippen LogP contribution in [0.3, 0.4) is 0 Å². The number of rotatable bonds is 23. The molecule has 0 saturated heterocycles. The number of aliphatic carboxylic acids is 4. The first-order valence-corrected chi connectivity index (χ1v) is 13.9. The van der Waals surface area contributed by atoms with Crippen LogP contribution < -0.4 is 32.7 Å². The molecule has 0 unspecified atom stereocenters. The summed E-state index contributed by atoms with van der Waals surface area (Å²) >= 11 is 0.381. The van der Waals surface area contributed by atoms with Crippen molar-refractivity contribution in [2.45, 2.75) is 49.9 Å². The molecule has 0 fully saturated rings. The lowest BCUT2D eigenvalue weighted by Crippen LogP contribution is -2.49. The molecule has 0 aromatic rings. The maximum atomic E-state index is 12.5. The highest BCUT2D eigenvalue weighted by atomic mass is 32.2. The number of amides is 4. The first-order valence-electron chi connectivity index (χ1n) is 13.9. The monoisotopic (exact) mass is 644 g/mol. The van der Waals surface area contributed by atoms with Crippen molar-refractivity contribution in [1.82, 2.24) is 21.3 Å². The lowest BCUT2D eigenvalue weighted by molar-refractivity contribution is -0.140. The lowest BCUT2D eigenvalue weighted by Gasteiger charge is -2.19. The molecule has 0 rings (SSSR count). The molecule has 0 aliphatic rings. The number of carboxylic acid groups (broad SMARTS) is 4. The first kappa shape index (κ1) is 31.3. The molecule has 18 nitrogen and oxygen atoms in total. The van der Waals surface area contributed by atoms with E-state index in [1.165, 1.54) is 0 Å². The van der Waals surface area contributed by atoms with Crippen molar-refractivity contribution < 1.29 is 64.3 Å². The van der Waals surface area contributed by atoms with Gasteiger partial charge in [0.15, 0.2) is 0 Å². The van der Waals surface area contributed by atoms with Gasteiger partial charge in [0.1, 0.15) is 37.3 Å². The van der Waals surface area contributed by atoms with Crippen LogP contribution in [0, 0.1) is 0 Å². The summed E-state index contributed by atoms with van der Waals surface area (Å²) in [6.45, 7) is -1.74. The molecular weight excluding hydrogens is 604 g/mol. The summed E-state index contributed by atoms with van der Waals surface area (Å²) in [5.74, 6) is -10.9. The molecular formula is C22H36N6O12S2. The molecule has 0 spiro atoms. The molecule has 238 valence electrons. The summed E-state index contributed by atoms with van der Waals surface area (Å²) in [5, 5.41) is 43.7. The highest BCUT2D eigenvalue weighted by Crippen LogP contribution is 2.11. The largest absolute Gasteiger partial charge is 0.480 e. The molecule has 42 heavy (non-hydrogen) atoms. The van der Waals surface area contributed by atoms with Crippen molar-refractivity contribution in [2.75, 3.05) is 36.0 Å². The molecule has 0 aromatic heterocycles. The molecule has 0 aliphatic carbocycles. The summed E-state index contributed by atoms with van der Waals surface area (Å²) in [6.07, 6.45) is -1.60. The predicted octanol–water partition coefficient (Wildman–Crippen LogP) is -3.79. The number of nitrogens with one attached hydrogen (secondary N) is 4. The van der Waals surface area contributed by atoms with Crippen molar-refractivity contribution in [3.8, 4) is 0 Å². The third-order valence-corrected chi connectivity index (χ3v) is 6.44. The predicted molar refractivity (Wildman–Crippen MR) is 149 cm³/mol. The van der Waals surface area contributed by atoms with E-state index in [4.69, 9.17) is 37.4 Å². The normalized spacial score (nSPS) is 15.6. The smallest absolute Gasteiger partial charge is 0.322 e. The summed E-state index contributed by atoms with van der Waals surface area (Å²) in [4.78, 5) is 93.1. The van der Waals surface area contributed by atoms with Gasteiger partial charge in [-0.25, -0.2) is 0 Å². The minimum absolute atomic E-state index is 0.190. The van der Waals surface area contributed by atoms with Gasteiger partial charge < -0.3 is 53.2 Å². The Morgan fingerprint density at radius 2 is 0.976 bits per heavy atom. The molecule has 4 amide bonds. The summed E-state index contributed by atoms with van der Waals surface area (Å²) in [7, 11) is 0. The second-order valence-corrected chi connectivity index (χ2v) is 9.91. The van der Waals surface area contributed by atoms with Crippen molar-refractivity contribution in [2.24, 2.45) is 11.5 Å². The number of carbonyl (C=O) groups is 8. The van der Waals surface area contributed by atoms with Gasteiger partial charge in [-0.3, -0.25) is 38.4 Å². The van der Waals surface area contributed by atoms with Gasteiger partial charge in [0.05, 0.1) is 0 Å². The van der Waals surface area contributed by atoms with Crippen molar-refractivity contribution in [3.63, 3.8) is 0 Å². The minimum Gasteiger partial charge on any atom is -0.480 e. The van der Waals surface area contributed by atoms with Crippen LogP contribution in [-0.2, 0) is 38.4 Å². The second-order valence-electron chi connectivity index (χ2n) is 8.26.